The Morgan fingerprint density at radius 3 is 2.55 bits per heavy atom. The largest absolute Gasteiger partial charge is 0.481 e. The number of rotatable bonds is 6. The average Bonchev–Trinajstić information content (AvgIpc) is 3.27. The van der Waals surface area contributed by atoms with Crippen molar-refractivity contribution >= 4 is 28.9 Å². The molecule has 0 saturated heterocycles. The smallest absolute Gasteiger partial charge is 0.306 e. The maximum absolute atomic E-state index is 13.5. The third-order valence-electron chi connectivity index (χ3n) is 6.35. The maximum Gasteiger partial charge on any atom is 0.306 e. The fourth-order valence-electron chi connectivity index (χ4n) is 4.36. The molecule has 33 heavy (non-hydrogen) atoms. The van der Waals surface area contributed by atoms with Gasteiger partial charge in [0.1, 0.15) is 10.6 Å². The van der Waals surface area contributed by atoms with Gasteiger partial charge in [-0.2, -0.15) is 0 Å². The highest BCUT2D eigenvalue weighted by molar-refractivity contribution is 7.15. The van der Waals surface area contributed by atoms with E-state index < -0.39 is 17.4 Å². The van der Waals surface area contributed by atoms with Gasteiger partial charge in [0, 0.05) is 11.9 Å². The highest BCUT2D eigenvalue weighted by Gasteiger charge is 2.40. The van der Waals surface area contributed by atoms with Crippen LogP contribution in [0.15, 0.2) is 30.6 Å². The molecule has 2 aromatic heterocycles. The number of nitrogens with zero attached hydrogens (tertiary/aromatic N) is 3. The lowest BCUT2D eigenvalue weighted by Crippen LogP contribution is -2.35. The van der Waals surface area contributed by atoms with Crippen molar-refractivity contribution in [1.29, 1.82) is 0 Å². The number of thiazole rings is 1. The average molecular weight is 471 g/mol. The zero-order valence-electron chi connectivity index (χ0n) is 18.8. The van der Waals surface area contributed by atoms with Gasteiger partial charge in [0.15, 0.2) is 5.82 Å². The highest BCUT2D eigenvalue weighted by atomic mass is 32.1. The van der Waals surface area contributed by atoms with Crippen LogP contribution >= 0.6 is 11.3 Å². The monoisotopic (exact) mass is 470 g/mol. The van der Waals surface area contributed by atoms with E-state index in [2.05, 4.69) is 20.3 Å². The van der Waals surface area contributed by atoms with Crippen LogP contribution in [0.5, 0.6) is 0 Å². The summed E-state index contributed by atoms with van der Waals surface area (Å²) < 4.78 is 13.5. The summed E-state index contributed by atoms with van der Waals surface area (Å²) in [4.78, 5) is 24.8. The van der Waals surface area contributed by atoms with Gasteiger partial charge in [0.2, 0.25) is 5.95 Å². The minimum absolute atomic E-state index is 0.0271. The van der Waals surface area contributed by atoms with Crippen LogP contribution in [0.1, 0.15) is 48.9 Å². The van der Waals surface area contributed by atoms with Gasteiger partial charge in [0.05, 0.1) is 22.7 Å². The van der Waals surface area contributed by atoms with Crippen molar-refractivity contribution in [2.45, 2.75) is 52.1 Å². The normalized spacial score (nSPS) is 20.3. The summed E-state index contributed by atoms with van der Waals surface area (Å²) in [6.45, 7) is 5.34. The number of aromatic nitrogens is 3. The summed E-state index contributed by atoms with van der Waals surface area (Å²) in [5.74, 6) is -1.24. The van der Waals surface area contributed by atoms with Crippen LogP contribution in [0.3, 0.4) is 0 Å². The summed E-state index contributed by atoms with van der Waals surface area (Å²) in [5.41, 5.74) is 1.88. The van der Waals surface area contributed by atoms with Crippen LogP contribution in [-0.2, 0) is 10.4 Å². The number of hydrogen-bond acceptors (Lipinski definition) is 7. The number of benzene rings is 1. The molecular weight excluding hydrogens is 443 g/mol. The number of nitrogens with one attached hydrogen (secondary N) is 1. The number of aliphatic carboxylic acids is 1. The summed E-state index contributed by atoms with van der Waals surface area (Å²) in [7, 11) is 0. The summed E-state index contributed by atoms with van der Waals surface area (Å²) in [6.07, 6.45) is 5.37. The van der Waals surface area contributed by atoms with Gasteiger partial charge in [-0.25, -0.2) is 19.3 Å². The van der Waals surface area contributed by atoms with Gasteiger partial charge in [0.25, 0.3) is 0 Å². The number of carboxylic acid groups (broad SMARTS) is 1. The van der Waals surface area contributed by atoms with Crippen LogP contribution in [0.4, 0.5) is 16.0 Å². The first kappa shape index (κ1) is 23.3. The van der Waals surface area contributed by atoms with E-state index in [1.807, 2.05) is 25.1 Å². The molecule has 9 heteroatoms. The first-order chi connectivity index (χ1) is 15.6. The minimum atomic E-state index is -1.11. The van der Waals surface area contributed by atoms with Crippen LogP contribution in [0.25, 0.3) is 10.4 Å². The summed E-state index contributed by atoms with van der Waals surface area (Å²) in [5, 5.41) is 24.3. The first-order valence-electron chi connectivity index (χ1n) is 10.9. The molecule has 1 fully saturated rings. The van der Waals surface area contributed by atoms with Crippen molar-refractivity contribution in [3.8, 4) is 10.4 Å². The minimum Gasteiger partial charge on any atom is -0.481 e. The molecule has 1 aliphatic carbocycles. The highest BCUT2D eigenvalue weighted by Crippen LogP contribution is 2.43. The molecule has 1 saturated carbocycles. The van der Waals surface area contributed by atoms with Gasteiger partial charge < -0.3 is 15.5 Å². The number of anilines is 2. The molecule has 0 amide bonds. The second-order valence-electron chi connectivity index (χ2n) is 8.90. The molecule has 1 atom stereocenters. The van der Waals surface area contributed by atoms with E-state index in [-0.39, 0.29) is 17.5 Å². The van der Waals surface area contributed by atoms with Gasteiger partial charge in [-0.3, -0.25) is 4.79 Å². The summed E-state index contributed by atoms with van der Waals surface area (Å²) in [6, 6.07) is 5.93. The van der Waals surface area contributed by atoms with E-state index in [0.29, 0.717) is 36.6 Å². The molecule has 1 unspecified atom stereocenters. The number of carboxylic acids is 1. The van der Waals surface area contributed by atoms with Gasteiger partial charge in [-0.05, 0) is 75.6 Å². The first-order valence-corrected chi connectivity index (χ1v) is 11.7. The van der Waals surface area contributed by atoms with Crippen molar-refractivity contribution in [3.63, 3.8) is 0 Å². The number of aryl methyl sites for hydroxylation is 2. The Labute approximate surface area is 195 Å². The van der Waals surface area contributed by atoms with Crippen molar-refractivity contribution in [2.24, 2.45) is 11.8 Å². The molecule has 4 rings (SSSR count). The molecule has 1 aliphatic rings. The Hall–Kier alpha value is -2.91. The Balaban J connectivity index is 1.54. The van der Waals surface area contributed by atoms with Gasteiger partial charge in [-0.15, -0.1) is 11.3 Å². The quantitative estimate of drug-likeness (QED) is 0.454. The van der Waals surface area contributed by atoms with E-state index in [9.17, 15) is 19.4 Å². The molecule has 0 aliphatic heterocycles. The Morgan fingerprint density at radius 2 is 1.88 bits per heavy atom. The molecule has 2 heterocycles. The third-order valence-corrected chi connectivity index (χ3v) is 7.62. The lowest BCUT2D eigenvalue weighted by Gasteiger charge is -2.35. The van der Waals surface area contributed by atoms with Gasteiger partial charge in [-0.1, -0.05) is 6.07 Å². The molecule has 3 N–H and O–H groups in total. The Kier molecular flexibility index (Phi) is 6.45. The van der Waals surface area contributed by atoms with E-state index in [0.717, 1.165) is 27.9 Å². The van der Waals surface area contributed by atoms with Gasteiger partial charge >= 0.3 is 5.97 Å². The molecular formula is C24H27FN4O3S. The van der Waals surface area contributed by atoms with E-state index in [1.54, 1.807) is 20.0 Å². The second-order valence-corrected chi connectivity index (χ2v) is 9.93. The van der Waals surface area contributed by atoms with Crippen molar-refractivity contribution in [2.75, 3.05) is 5.32 Å². The SMILES string of the molecule is Cc1cc(Nc2ncc(F)c(C)n2)cc(-c2cnc(C(C)(O)C3CCC(C(=O)O)CC3)s2)c1. The van der Waals surface area contributed by atoms with Crippen LogP contribution in [0, 0.1) is 31.5 Å². The Morgan fingerprint density at radius 1 is 1.15 bits per heavy atom. The number of carbonyl (C=O) groups is 1. The second kappa shape index (κ2) is 9.15. The number of hydrogen-bond donors (Lipinski definition) is 3. The topological polar surface area (TPSA) is 108 Å². The molecule has 0 radical (unpaired) electrons. The molecule has 7 nitrogen and oxygen atoms in total. The third kappa shape index (κ3) is 5.04. The summed E-state index contributed by atoms with van der Waals surface area (Å²) >= 11 is 1.44. The Bertz CT molecular complexity index is 1170. The predicted octanol–water partition coefficient (Wildman–Crippen LogP) is 5.20. The van der Waals surface area contributed by atoms with Crippen LogP contribution in [-0.4, -0.2) is 31.1 Å². The lowest BCUT2D eigenvalue weighted by atomic mass is 9.74. The number of aliphatic hydroxyl groups is 1. The fourth-order valence-corrected chi connectivity index (χ4v) is 5.39. The maximum atomic E-state index is 13.5. The molecule has 1 aromatic carbocycles. The van der Waals surface area contributed by atoms with Crippen molar-refractivity contribution in [1.82, 2.24) is 15.0 Å². The molecule has 174 valence electrons. The molecule has 0 bridgehead atoms. The van der Waals surface area contributed by atoms with Crippen molar-refractivity contribution in [3.05, 3.63) is 52.7 Å². The zero-order chi connectivity index (χ0) is 23.8. The van der Waals surface area contributed by atoms with E-state index in [1.165, 1.54) is 11.3 Å². The molecule has 0 spiro atoms. The van der Waals surface area contributed by atoms with E-state index >= 15 is 0 Å². The van der Waals surface area contributed by atoms with Crippen molar-refractivity contribution < 1.29 is 19.4 Å². The standard InChI is InChI=1S/C24H27FN4O3S/c1-13-8-16(10-18(9-13)29-23-27-11-19(25)14(2)28-23)20-12-26-22(33-20)24(3,32)17-6-4-15(5-7-17)21(30)31/h8-12,15,17,32H,4-7H2,1-3H3,(H,30,31)(H,27,28,29). The number of halogens is 1. The zero-order valence-corrected chi connectivity index (χ0v) is 19.6. The predicted molar refractivity (Wildman–Crippen MR) is 125 cm³/mol. The molecule has 3 aromatic rings. The van der Waals surface area contributed by atoms with Crippen LogP contribution < -0.4 is 5.32 Å². The fraction of sp³-hybridized carbons (Fsp3) is 0.417. The van der Waals surface area contributed by atoms with E-state index in [4.69, 9.17) is 0 Å². The van der Waals surface area contributed by atoms with Crippen LogP contribution in [0.2, 0.25) is 0 Å². The lowest BCUT2D eigenvalue weighted by molar-refractivity contribution is -0.144.